The molecule has 30 heavy (non-hydrogen) atoms. The van der Waals surface area contributed by atoms with Crippen molar-refractivity contribution in [2.75, 3.05) is 13.7 Å². The Morgan fingerprint density at radius 1 is 1.00 bits per heavy atom. The number of hydrogen-bond donors (Lipinski definition) is 1. The standard InChI is InChI=1S/C26H27NO3/c1-5-15-30-22-13-11-21(12-14-22)27-18-19-16-23(29-4)17-24(25(19)28)26(2,3)20-9-7-6-8-10-20/h5-14,16-18,28H,1,15H2,2-4H3. The molecule has 0 spiro atoms. The number of hydrogen-bond acceptors (Lipinski definition) is 4. The molecule has 0 saturated carbocycles. The average Bonchev–Trinajstić information content (AvgIpc) is 2.78. The first-order valence-electron chi connectivity index (χ1n) is 9.80. The van der Waals surface area contributed by atoms with Gasteiger partial charge < -0.3 is 14.6 Å². The normalized spacial score (nSPS) is 11.4. The maximum absolute atomic E-state index is 11.0. The lowest BCUT2D eigenvalue weighted by atomic mass is 9.77. The number of ether oxygens (including phenoxy) is 2. The first-order chi connectivity index (χ1) is 14.5. The van der Waals surface area contributed by atoms with Crippen LogP contribution in [-0.2, 0) is 5.41 Å². The van der Waals surface area contributed by atoms with E-state index in [4.69, 9.17) is 9.47 Å². The number of benzene rings is 3. The fourth-order valence-corrected chi connectivity index (χ4v) is 3.26. The Balaban J connectivity index is 1.95. The molecule has 0 aliphatic carbocycles. The van der Waals surface area contributed by atoms with Gasteiger partial charge in [0, 0.05) is 22.8 Å². The van der Waals surface area contributed by atoms with Crippen LogP contribution in [0.1, 0.15) is 30.5 Å². The highest BCUT2D eigenvalue weighted by Gasteiger charge is 2.28. The number of methoxy groups -OCH3 is 1. The van der Waals surface area contributed by atoms with Crippen LogP contribution in [0.2, 0.25) is 0 Å². The second-order valence-electron chi connectivity index (χ2n) is 7.46. The van der Waals surface area contributed by atoms with Crippen molar-refractivity contribution >= 4 is 11.9 Å². The smallest absolute Gasteiger partial charge is 0.128 e. The van der Waals surface area contributed by atoms with Gasteiger partial charge in [0.05, 0.1) is 12.8 Å². The van der Waals surface area contributed by atoms with Crippen LogP contribution < -0.4 is 9.47 Å². The molecule has 0 unspecified atom stereocenters. The van der Waals surface area contributed by atoms with Crippen LogP contribution in [0.25, 0.3) is 0 Å². The first kappa shape index (κ1) is 21.2. The minimum Gasteiger partial charge on any atom is -0.507 e. The van der Waals surface area contributed by atoms with Gasteiger partial charge >= 0.3 is 0 Å². The van der Waals surface area contributed by atoms with E-state index in [1.54, 1.807) is 25.5 Å². The predicted octanol–water partition coefficient (Wildman–Crippen LogP) is 6.04. The second-order valence-corrected chi connectivity index (χ2v) is 7.46. The van der Waals surface area contributed by atoms with Gasteiger partial charge in [-0.25, -0.2) is 0 Å². The topological polar surface area (TPSA) is 51.0 Å². The molecular weight excluding hydrogens is 374 g/mol. The van der Waals surface area contributed by atoms with Crippen LogP contribution in [0.4, 0.5) is 5.69 Å². The molecule has 0 radical (unpaired) electrons. The Bertz CT molecular complexity index is 1020. The lowest BCUT2D eigenvalue weighted by Gasteiger charge is -2.28. The lowest BCUT2D eigenvalue weighted by Crippen LogP contribution is -2.19. The van der Waals surface area contributed by atoms with Crippen molar-refractivity contribution in [2.45, 2.75) is 19.3 Å². The van der Waals surface area contributed by atoms with E-state index in [1.807, 2.05) is 48.5 Å². The minimum atomic E-state index is -0.410. The molecule has 3 aromatic carbocycles. The van der Waals surface area contributed by atoms with Gasteiger partial charge in [-0.3, -0.25) is 4.99 Å². The maximum Gasteiger partial charge on any atom is 0.128 e. The molecule has 0 saturated heterocycles. The number of rotatable bonds is 8. The van der Waals surface area contributed by atoms with Gasteiger partial charge in [0.2, 0.25) is 0 Å². The van der Waals surface area contributed by atoms with E-state index in [0.717, 1.165) is 22.6 Å². The molecule has 0 fully saturated rings. The van der Waals surface area contributed by atoms with Crippen LogP contribution in [0.15, 0.2) is 84.4 Å². The summed E-state index contributed by atoms with van der Waals surface area (Å²) < 4.78 is 11.0. The molecule has 0 aromatic heterocycles. The van der Waals surface area contributed by atoms with E-state index in [0.29, 0.717) is 17.9 Å². The predicted molar refractivity (Wildman–Crippen MR) is 123 cm³/mol. The molecule has 0 bridgehead atoms. The summed E-state index contributed by atoms with van der Waals surface area (Å²) in [6.07, 6.45) is 3.36. The molecule has 1 N–H and O–H groups in total. The Kier molecular flexibility index (Phi) is 6.58. The van der Waals surface area contributed by atoms with E-state index >= 15 is 0 Å². The summed E-state index contributed by atoms with van der Waals surface area (Å²) in [5.41, 5.74) is 2.83. The number of aliphatic imine (C=N–C) groups is 1. The molecule has 3 aromatic rings. The van der Waals surface area contributed by atoms with Crippen LogP contribution in [0.3, 0.4) is 0 Å². The third-order valence-electron chi connectivity index (χ3n) is 5.07. The van der Waals surface area contributed by atoms with Crippen LogP contribution >= 0.6 is 0 Å². The Labute approximate surface area is 178 Å². The number of phenols is 1. The number of nitrogens with zero attached hydrogens (tertiary/aromatic N) is 1. The highest BCUT2D eigenvalue weighted by atomic mass is 16.5. The Morgan fingerprint density at radius 2 is 1.70 bits per heavy atom. The molecule has 0 heterocycles. The zero-order chi connectivity index (χ0) is 21.6. The highest BCUT2D eigenvalue weighted by molar-refractivity contribution is 5.87. The summed E-state index contributed by atoms with van der Waals surface area (Å²) in [5, 5.41) is 11.0. The molecule has 4 heteroatoms. The second kappa shape index (κ2) is 9.31. The summed E-state index contributed by atoms with van der Waals surface area (Å²) in [5.74, 6) is 1.62. The summed E-state index contributed by atoms with van der Waals surface area (Å²) in [7, 11) is 1.62. The summed E-state index contributed by atoms with van der Waals surface area (Å²) >= 11 is 0. The zero-order valence-electron chi connectivity index (χ0n) is 17.6. The molecule has 4 nitrogen and oxygen atoms in total. The van der Waals surface area contributed by atoms with Gasteiger partial charge in [0.25, 0.3) is 0 Å². The van der Waals surface area contributed by atoms with Crippen molar-refractivity contribution in [2.24, 2.45) is 4.99 Å². The Hall–Kier alpha value is -3.53. The monoisotopic (exact) mass is 401 g/mol. The van der Waals surface area contributed by atoms with E-state index in [9.17, 15) is 5.11 Å². The fourth-order valence-electron chi connectivity index (χ4n) is 3.26. The molecule has 0 aliphatic rings. The van der Waals surface area contributed by atoms with Crippen molar-refractivity contribution in [1.29, 1.82) is 0 Å². The van der Waals surface area contributed by atoms with E-state index in [-0.39, 0.29) is 5.75 Å². The molecular formula is C26H27NO3. The Morgan fingerprint density at radius 3 is 2.33 bits per heavy atom. The molecule has 3 rings (SSSR count). The highest BCUT2D eigenvalue weighted by Crippen LogP contribution is 2.40. The third kappa shape index (κ3) is 4.71. The average molecular weight is 402 g/mol. The van der Waals surface area contributed by atoms with E-state index in [2.05, 4.69) is 37.6 Å². The summed E-state index contributed by atoms with van der Waals surface area (Å²) in [4.78, 5) is 4.51. The SMILES string of the molecule is C=CCOc1ccc(N=Cc2cc(OC)cc(C(C)(C)c3ccccc3)c2O)cc1. The number of aromatic hydroxyl groups is 1. The maximum atomic E-state index is 11.0. The third-order valence-corrected chi connectivity index (χ3v) is 5.07. The van der Waals surface area contributed by atoms with Crippen molar-refractivity contribution in [3.05, 3.63) is 96.1 Å². The van der Waals surface area contributed by atoms with E-state index < -0.39 is 5.41 Å². The van der Waals surface area contributed by atoms with Crippen molar-refractivity contribution in [3.63, 3.8) is 0 Å². The zero-order valence-corrected chi connectivity index (χ0v) is 17.6. The first-order valence-corrected chi connectivity index (χ1v) is 9.80. The van der Waals surface area contributed by atoms with Crippen molar-refractivity contribution < 1.29 is 14.6 Å². The van der Waals surface area contributed by atoms with Crippen molar-refractivity contribution in [1.82, 2.24) is 0 Å². The lowest BCUT2D eigenvalue weighted by molar-refractivity contribution is 0.363. The quantitative estimate of drug-likeness (QED) is 0.370. The van der Waals surface area contributed by atoms with Crippen molar-refractivity contribution in [3.8, 4) is 17.2 Å². The molecule has 0 aliphatic heterocycles. The molecule has 154 valence electrons. The van der Waals surface area contributed by atoms with Gasteiger partial charge in [0.15, 0.2) is 0 Å². The van der Waals surface area contributed by atoms with Crippen LogP contribution in [0, 0.1) is 0 Å². The van der Waals surface area contributed by atoms with Gasteiger partial charge in [-0.1, -0.05) is 56.8 Å². The largest absolute Gasteiger partial charge is 0.507 e. The van der Waals surface area contributed by atoms with Gasteiger partial charge in [-0.15, -0.1) is 0 Å². The van der Waals surface area contributed by atoms with Crippen LogP contribution in [-0.4, -0.2) is 25.0 Å². The van der Waals surface area contributed by atoms with E-state index in [1.165, 1.54) is 0 Å². The summed E-state index contributed by atoms with van der Waals surface area (Å²) in [6.45, 7) is 8.26. The van der Waals surface area contributed by atoms with Gasteiger partial charge in [0.1, 0.15) is 23.9 Å². The molecule has 0 atom stereocenters. The minimum absolute atomic E-state index is 0.194. The van der Waals surface area contributed by atoms with Gasteiger partial charge in [-0.2, -0.15) is 0 Å². The fraction of sp³-hybridized carbons (Fsp3) is 0.192. The van der Waals surface area contributed by atoms with Crippen LogP contribution in [0.5, 0.6) is 17.2 Å². The number of phenolic OH excluding ortho intramolecular Hbond substituents is 1. The summed E-state index contributed by atoms with van der Waals surface area (Å²) in [6, 6.07) is 21.2. The molecule has 0 amide bonds. The van der Waals surface area contributed by atoms with Gasteiger partial charge in [-0.05, 0) is 42.0 Å².